The molecule has 0 N–H and O–H groups in total. The molecule has 0 atom stereocenters. The van der Waals surface area contributed by atoms with Crippen LogP contribution in [-0.2, 0) is 0 Å². The molecule has 1 saturated carbocycles. The second-order valence-electron chi connectivity index (χ2n) is 7.94. The van der Waals surface area contributed by atoms with Crippen LogP contribution < -0.4 is 4.90 Å². The van der Waals surface area contributed by atoms with Gasteiger partial charge in [0.15, 0.2) is 0 Å². The summed E-state index contributed by atoms with van der Waals surface area (Å²) in [5, 5.41) is 2.06. The number of aromatic nitrogens is 1. The molecule has 150 valence electrons. The molecular formula is C26H23BrN2O. The van der Waals surface area contributed by atoms with Gasteiger partial charge in [-0.15, -0.1) is 0 Å². The van der Waals surface area contributed by atoms with Crippen LogP contribution in [0, 0.1) is 0 Å². The van der Waals surface area contributed by atoms with E-state index in [1.54, 1.807) is 0 Å². The van der Waals surface area contributed by atoms with Crippen LogP contribution in [-0.4, -0.2) is 16.9 Å². The fourth-order valence-corrected chi connectivity index (χ4v) is 5.09. The fourth-order valence-electron chi connectivity index (χ4n) is 4.63. The molecule has 30 heavy (non-hydrogen) atoms. The Morgan fingerprint density at radius 1 is 0.800 bits per heavy atom. The van der Waals surface area contributed by atoms with E-state index >= 15 is 0 Å². The minimum absolute atomic E-state index is 0.0517. The van der Waals surface area contributed by atoms with Crippen molar-refractivity contribution in [1.82, 2.24) is 4.98 Å². The molecule has 4 aromatic rings. The quantitative estimate of drug-likeness (QED) is 0.306. The molecule has 5 rings (SSSR count). The Kier molecular flexibility index (Phi) is 5.26. The first-order chi connectivity index (χ1) is 14.7. The van der Waals surface area contributed by atoms with Crippen molar-refractivity contribution in [2.75, 3.05) is 4.90 Å². The first kappa shape index (κ1) is 19.3. The molecule has 4 heteroatoms. The molecular weight excluding hydrogens is 436 g/mol. The van der Waals surface area contributed by atoms with Gasteiger partial charge in [-0.2, -0.15) is 0 Å². The normalized spacial score (nSPS) is 14.8. The van der Waals surface area contributed by atoms with Crippen LogP contribution in [0.5, 0.6) is 0 Å². The van der Waals surface area contributed by atoms with Gasteiger partial charge in [-0.3, -0.25) is 4.79 Å². The standard InChI is InChI=1S/C26H23BrN2O/c27-22-15-7-4-12-19(22)26(30)29(18-10-2-1-3-11-18)25-20-13-5-8-16-23(20)28-24-17-9-6-14-21(24)25/h4-9,12-18H,1-3,10-11H2. The minimum Gasteiger partial charge on any atom is -0.304 e. The SMILES string of the molecule is O=C(c1ccccc1Br)N(c1c2ccccc2nc2ccccc12)C1CCCCC1. The van der Waals surface area contributed by atoms with E-state index in [1.165, 1.54) is 6.42 Å². The van der Waals surface area contributed by atoms with Crippen LogP contribution in [0.4, 0.5) is 5.69 Å². The fraction of sp³-hybridized carbons (Fsp3) is 0.231. The molecule has 1 aromatic heterocycles. The van der Waals surface area contributed by atoms with E-state index in [-0.39, 0.29) is 11.9 Å². The van der Waals surface area contributed by atoms with Crippen LogP contribution in [0.3, 0.4) is 0 Å². The number of benzene rings is 3. The Morgan fingerprint density at radius 2 is 1.37 bits per heavy atom. The lowest BCUT2D eigenvalue weighted by atomic mass is 9.92. The smallest absolute Gasteiger partial charge is 0.259 e. The number of para-hydroxylation sites is 2. The summed E-state index contributed by atoms with van der Waals surface area (Å²) in [6.45, 7) is 0. The van der Waals surface area contributed by atoms with Gasteiger partial charge in [-0.1, -0.05) is 67.8 Å². The lowest BCUT2D eigenvalue weighted by molar-refractivity contribution is 0.0970. The molecule has 3 nitrogen and oxygen atoms in total. The van der Waals surface area contributed by atoms with Gasteiger partial charge in [0.05, 0.1) is 22.3 Å². The molecule has 1 aliphatic rings. The lowest BCUT2D eigenvalue weighted by Gasteiger charge is -2.36. The van der Waals surface area contributed by atoms with E-state index in [4.69, 9.17) is 4.98 Å². The highest BCUT2D eigenvalue weighted by molar-refractivity contribution is 9.10. The maximum Gasteiger partial charge on any atom is 0.259 e. The number of amides is 1. The third-order valence-corrected chi connectivity index (χ3v) is 6.75. The molecule has 1 amide bonds. The maximum atomic E-state index is 14.0. The zero-order chi connectivity index (χ0) is 20.5. The van der Waals surface area contributed by atoms with Gasteiger partial charge >= 0.3 is 0 Å². The van der Waals surface area contributed by atoms with Gasteiger partial charge in [-0.25, -0.2) is 4.98 Å². The number of hydrogen-bond donors (Lipinski definition) is 0. The van der Waals surface area contributed by atoms with E-state index in [0.717, 1.165) is 57.6 Å². The predicted octanol–water partition coefficient (Wildman–Crippen LogP) is 7.13. The summed E-state index contributed by atoms with van der Waals surface area (Å²) >= 11 is 3.60. The summed E-state index contributed by atoms with van der Waals surface area (Å²) in [5.74, 6) is 0.0517. The molecule has 0 unspecified atom stereocenters. The number of hydrogen-bond acceptors (Lipinski definition) is 2. The maximum absolute atomic E-state index is 14.0. The van der Waals surface area contributed by atoms with E-state index in [2.05, 4.69) is 33.0 Å². The second kappa shape index (κ2) is 8.19. The van der Waals surface area contributed by atoms with Crippen LogP contribution in [0.15, 0.2) is 77.3 Å². The van der Waals surface area contributed by atoms with Crippen molar-refractivity contribution < 1.29 is 4.79 Å². The zero-order valence-corrected chi connectivity index (χ0v) is 18.3. The van der Waals surface area contributed by atoms with Gasteiger partial charge in [0.2, 0.25) is 0 Å². The summed E-state index contributed by atoms with van der Waals surface area (Å²) in [6, 6.07) is 24.2. The Hall–Kier alpha value is -2.72. The van der Waals surface area contributed by atoms with Gasteiger partial charge in [-0.05, 0) is 53.0 Å². The Bertz CT molecular complexity index is 1180. The monoisotopic (exact) mass is 458 g/mol. The van der Waals surface area contributed by atoms with Crippen LogP contribution in [0.1, 0.15) is 42.5 Å². The highest BCUT2D eigenvalue weighted by Gasteiger charge is 2.31. The van der Waals surface area contributed by atoms with Gasteiger partial charge in [0.1, 0.15) is 0 Å². The summed E-state index contributed by atoms with van der Waals surface area (Å²) < 4.78 is 0.832. The van der Waals surface area contributed by atoms with Crippen molar-refractivity contribution >= 4 is 49.3 Å². The van der Waals surface area contributed by atoms with Crippen molar-refractivity contribution in [3.8, 4) is 0 Å². The minimum atomic E-state index is 0.0517. The highest BCUT2D eigenvalue weighted by atomic mass is 79.9. The lowest BCUT2D eigenvalue weighted by Crippen LogP contribution is -2.42. The third kappa shape index (κ3) is 3.39. The summed E-state index contributed by atoms with van der Waals surface area (Å²) in [6.07, 6.45) is 5.62. The molecule has 0 saturated heterocycles. The summed E-state index contributed by atoms with van der Waals surface area (Å²) in [7, 11) is 0. The van der Waals surface area contributed by atoms with Crippen LogP contribution in [0.25, 0.3) is 21.8 Å². The van der Waals surface area contributed by atoms with E-state index < -0.39 is 0 Å². The van der Waals surface area contributed by atoms with Crippen LogP contribution in [0.2, 0.25) is 0 Å². The molecule has 0 bridgehead atoms. The third-order valence-electron chi connectivity index (χ3n) is 6.06. The first-order valence-corrected chi connectivity index (χ1v) is 11.4. The Balaban J connectivity index is 1.80. The number of fused-ring (bicyclic) bond motifs is 2. The molecule has 1 heterocycles. The van der Waals surface area contributed by atoms with Crippen molar-refractivity contribution in [3.05, 3.63) is 82.8 Å². The molecule has 1 fully saturated rings. The van der Waals surface area contributed by atoms with Crippen molar-refractivity contribution in [1.29, 1.82) is 0 Å². The predicted molar refractivity (Wildman–Crippen MR) is 127 cm³/mol. The molecule has 0 aliphatic heterocycles. The topological polar surface area (TPSA) is 33.2 Å². The zero-order valence-electron chi connectivity index (χ0n) is 16.7. The number of rotatable bonds is 3. The van der Waals surface area contributed by atoms with Crippen LogP contribution >= 0.6 is 15.9 Å². The highest BCUT2D eigenvalue weighted by Crippen LogP contribution is 2.39. The Labute approximate surface area is 184 Å². The van der Waals surface area contributed by atoms with Gasteiger partial charge in [0.25, 0.3) is 5.91 Å². The molecule has 3 aromatic carbocycles. The number of carbonyl (C=O) groups excluding carboxylic acids is 1. The van der Waals surface area contributed by atoms with Crippen molar-refractivity contribution in [2.24, 2.45) is 0 Å². The van der Waals surface area contributed by atoms with Gasteiger partial charge in [0, 0.05) is 21.3 Å². The average molecular weight is 459 g/mol. The first-order valence-electron chi connectivity index (χ1n) is 10.6. The van der Waals surface area contributed by atoms with Crippen molar-refractivity contribution in [3.63, 3.8) is 0 Å². The second-order valence-corrected chi connectivity index (χ2v) is 8.80. The summed E-state index contributed by atoms with van der Waals surface area (Å²) in [5.41, 5.74) is 3.54. The van der Waals surface area contributed by atoms with Gasteiger partial charge < -0.3 is 4.90 Å². The number of nitrogens with zero attached hydrogens (tertiary/aromatic N) is 2. The largest absolute Gasteiger partial charge is 0.304 e. The van der Waals surface area contributed by atoms with E-state index in [0.29, 0.717) is 5.56 Å². The molecule has 1 aliphatic carbocycles. The number of carbonyl (C=O) groups is 1. The number of halogens is 1. The van der Waals surface area contributed by atoms with Crippen molar-refractivity contribution in [2.45, 2.75) is 38.1 Å². The average Bonchev–Trinajstić information content (AvgIpc) is 2.80. The molecule has 0 radical (unpaired) electrons. The number of anilines is 1. The number of pyridine rings is 1. The van der Waals surface area contributed by atoms with E-state index in [1.807, 2.05) is 60.7 Å². The Morgan fingerprint density at radius 3 is 2.00 bits per heavy atom. The van der Waals surface area contributed by atoms with E-state index in [9.17, 15) is 4.79 Å². The molecule has 0 spiro atoms. The summed E-state index contributed by atoms with van der Waals surface area (Å²) in [4.78, 5) is 21.0.